The van der Waals surface area contributed by atoms with Gasteiger partial charge in [-0.3, -0.25) is 9.11 Å². The number of hydrogen-bond acceptors (Lipinski definition) is 7. The summed E-state index contributed by atoms with van der Waals surface area (Å²) in [7, 11) is -8.11. The minimum absolute atomic E-state index is 0.302. The first-order chi connectivity index (χ1) is 32.4. The van der Waals surface area contributed by atoms with E-state index in [0.29, 0.717) is 58.4 Å². The van der Waals surface area contributed by atoms with E-state index in [2.05, 4.69) is 104 Å². The molecule has 67 heavy (non-hydrogen) atoms. The Morgan fingerprint density at radius 3 is 1.39 bits per heavy atom. The van der Waals surface area contributed by atoms with Gasteiger partial charge in [0.1, 0.15) is 11.4 Å². The van der Waals surface area contributed by atoms with E-state index in [4.69, 9.17) is 9.47 Å². The maximum Gasteiger partial charge on any atom is 0.264 e. The standard InChI is InChI=1S/C56H83NO8S2/c1-3-5-7-9-11-13-14-16-19-27-49-30-34-52(35-31-49)56(51-28-20-18-21-29-51,53-36-40-55(41-37-53)64-45-24-17-15-12-10-8-6-4-2)65-46-42-50-32-38-54(39-33-50)57(43-22-25-47-66(58,59)60)44-23-26-48-67(61,62)63/h18,20-21,28-41H,3-17,19,22-27,42-48H2,1-2H3,(H,58,59,60)(H,61,62,63). The van der Waals surface area contributed by atoms with Gasteiger partial charge in [0, 0.05) is 18.8 Å². The van der Waals surface area contributed by atoms with Crippen LogP contribution in [0.5, 0.6) is 5.75 Å². The van der Waals surface area contributed by atoms with Crippen LogP contribution in [-0.4, -0.2) is 63.8 Å². The highest BCUT2D eigenvalue weighted by atomic mass is 32.2. The van der Waals surface area contributed by atoms with Crippen molar-refractivity contribution in [3.8, 4) is 5.75 Å². The molecular formula is C56H83NO8S2. The van der Waals surface area contributed by atoms with Crippen molar-refractivity contribution in [2.24, 2.45) is 0 Å². The molecule has 0 aliphatic heterocycles. The summed E-state index contributed by atoms with van der Waals surface area (Å²) in [5.41, 5.74) is 5.59. The number of hydrogen-bond donors (Lipinski definition) is 2. The molecule has 4 rings (SSSR count). The molecular weight excluding hydrogens is 879 g/mol. The van der Waals surface area contributed by atoms with E-state index >= 15 is 0 Å². The van der Waals surface area contributed by atoms with Gasteiger partial charge in [-0.2, -0.15) is 16.8 Å². The minimum atomic E-state index is -4.06. The fraction of sp³-hybridized carbons (Fsp3) is 0.571. The van der Waals surface area contributed by atoms with Crippen LogP contribution in [0, 0.1) is 0 Å². The Hall–Kier alpha value is -3.74. The Morgan fingerprint density at radius 2 is 0.881 bits per heavy atom. The lowest BCUT2D eigenvalue weighted by molar-refractivity contribution is 0.0147. The molecule has 0 heterocycles. The van der Waals surface area contributed by atoms with Gasteiger partial charge < -0.3 is 14.4 Å². The second kappa shape index (κ2) is 31.4. The molecule has 0 aliphatic rings. The van der Waals surface area contributed by atoms with Crippen molar-refractivity contribution in [3.63, 3.8) is 0 Å². The summed E-state index contributed by atoms with van der Waals surface area (Å²) < 4.78 is 77.3. The Kier molecular flexibility index (Phi) is 26.2. The monoisotopic (exact) mass is 962 g/mol. The van der Waals surface area contributed by atoms with Crippen LogP contribution in [0.4, 0.5) is 5.69 Å². The second-order valence-corrected chi connectivity index (χ2v) is 21.6. The van der Waals surface area contributed by atoms with Crippen molar-refractivity contribution < 1.29 is 35.4 Å². The normalized spacial score (nSPS) is 12.8. The van der Waals surface area contributed by atoms with Crippen molar-refractivity contribution >= 4 is 25.9 Å². The van der Waals surface area contributed by atoms with Crippen molar-refractivity contribution in [1.82, 2.24) is 0 Å². The topological polar surface area (TPSA) is 130 Å². The molecule has 0 spiro atoms. The number of anilines is 1. The lowest BCUT2D eigenvalue weighted by atomic mass is 9.79. The van der Waals surface area contributed by atoms with E-state index in [9.17, 15) is 25.9 Å². The van der Waals surface area contributed by atoms with Crippen molar-refractivity contribution in [2.75, 3.05) is 42.7 Å². The summed E-state index contributed by atoms with van der Waals surface area (Å²) in [6.45, 7) is 6.72. The second-order valence-electron chi connectivity index (χ2n) is 18.4. The summed E-state index contributed by atoms with van der Waals surface area (Å²) in [4.78, 5) is 2.09. The first-order valence-corrected chi connectivity index (χ1v) is 28.9. The molecule has 4 aromatic carbocycles. The third kappa shape index (κ3) is 22.0. The van der Waals surface area contributed by atoms with E-state index < -0.39 is 25.8 Å². The molecule has 2 N–H and O–H groups in total. The van der Waals surface area contributed by atoms with Gasteiger partial charge >= 0.3 is 0 Å². The number of benzene rings is 4. The summed E-state index contributed by atoms with van der Waals surface area (Å²) in [6, 6.07) is 36.2. The summed E-state index contributed by atoms with van der Waals surface area (Å²) in [5.74, 6) is 0.234. The van der Waals surface area contributed by atoms with Crippen LogP contribution >= 0.6 is 0 Å². The van der Waals surface area contributed by atoms with Gasteiger partial charge in [0.25, 0.3) is 20.2 Å². The van der Waals surface area contributed by atoms with Crippen molar-refractivity contribution in [3.05, 3.63) is 131 Å². The molecule has 0 aliphatic carbocycles. The molecule has 1 atom stereocenters. The zero-order valence-corrected chi connectivity index (χ0v) is 42.6. The molecule has 0 amide bonds. The maximum atomic E-state index is 11.3. The van der Waals surface area contributed by atoms with Crippen LogP contribution in [0.15, 0.2) is 103 Å². The molecule has 11 heteroatoms. The van der Waals surface area contributed by atoms with Gasteiger partial charge in [0.2, 0.25) is 0 Å². The molecule has 1 unspecified atom stereocenters. The van der Waals surface area contributed by atoms with Crippen LogP contribution in [0.2, 0.25) is 0 Å². The van der Waals surface area contributed by atoms with E-state index in [-0.39, 0.29) is 11.5 Å². The van der Waals surface area contributed by atoms with E-state index in [1.165, 1.54) is 108 Å². The van der Waals surface area contributed by atoms with Crippen molar-refractivity contribution in [1.29, 1.82) is 0 Å². The quantitative estimate of drug-likeness (QED) is 0.0256. The maximum absolute atomic E-state index is 11.3. The Labute approximate surface area is 406 Å². The third-order valence-electron chi connectivity index (χ3n) is 12.8. The first-order valence-electron chi connectivity index (χ1n) is 25.7. The molecule has 4 aromatic rings. The van der Waals surface area contributed by atoms with E-state index in [1.807, 2.05) is 18.2 Å². The Bertz CT molecular complexity index is 2010. The number of unbranched alkanes of at least 4 members (excludes halogenated alkanes) is 17. The fourth-order valence-corrected chi connectivity index (χ4v) is 10.1. The van der Waals surface area contributed by atoms with Gasteiger partial charge in [0.05, 0.1) is 24.7 Å². The van der Waals surface area contributed by atoms with Crippen LogP contribution in [-0.2, 0) is 43.4 Å². The number of ether oxygens (including phenoxy) is 2. The highest BCUT2D eigenvalue weighted by Crippen LogP contribution is 2.41. The molecule has 372 valence electrons. The van der Waals surface area contributed by atoms with Crippen molar-refractivity contribution in [2.45, 2.75) is 167 Å². The zero-order chi connectivity index (χ0) is 48.1. The van der Waals surface area contributed by atoms with Crippen LogP contribution in [0.3, 0.4) is 0 Å². The van der Waals surface area contributed by atoms with Crippen LogP contribution in [0.25, 0.3) is 0 Å². The minimum Gasteiger partial charge on any atom is -0.494 e. The number of aryl methyl sites for hydroxylation is 1. The lowest BCUT2D eigenvalue weighted by Crippen LogP contribution is -2.33. The summed E-state index contributed by atoms with van der Waals surface area (Å²) >= 11 is 0. The highest BCUT2D eigenvalue weighted by molar-refractivity contribution is 7.86. The average Bonchev–Trinajstić information content (AvgIpc) is 3.32. The molecule has 0 saturated heterocycles. The SMILES string of the molecule is CCCCCCCCCCCc1ccc(C(OCCc2ccc(N(CCCCS(=O)(=O)O)CCCCS(=O)(=O)O)cc2)(c2ccccc2)c2ccc(OCCCCCCCCCC)cc2)cc1. The third-order valence-corrected chi connectivity index (χ3v) is 14.4. The molecule has 0 radical (unpaired) electrons. The van der Waals surface area contributed by atoms with Gasteiger partial charge in [-0.05, 0) is 103 Å². The Morgan fingerprint density at radius 1 is 0.448 bits per heavy atom. The number of rotatable bonds is 38. The van der Waals surface area contributed by atoms with Gasteiger partial charge in [-0.1, -0.05) is 189 Å². The fourth-order valence-electron chi connectivity index (χ4n) is 8.92. The van der Waals surface area contributed by atoms with E-state index in [1.54, 1.807) is 0 Å². The Balaban J connectivity index is 1.51. The van der Waals surface area contributed by atoms with Gasteiger partial charge in [-0.15, -0.1) is 0 Å². The van der Waals surface area contributed by atoms with E-state index in [0.717, 1.165) is 46.5 Å². The van der Waals surface area contributed by atoms with Crippen LogP contribution in [0.1, 0.15) is 177 Å². The largest absolute Gasteiger partial charge is 0.494 e. The first kappa shape index (κ1) is 55.9. The summed E-state index contributed by atoms with van der Waals surface area (Å²) in [6.07, 6.45) is 25.2. The molecule has 9 nitrogen and oxygen atoms in total. The number of nitrogens with zero attached hydrogens (tertiary/aromatic N) is 1. The predicted octanol–water partition coefficient (Wildman–Crippen LogP) is 14.0. The molecule has 0 aromatic heterocycles. The highest BCUT2D eigenvalue weighted by Gasteiger charge is 2.37. The lowest BCUT2D eigenvalue weighted by Gasteiger charge is -2.36. The zero-order valence-electron chi connectivity index (χ0n) is 40.9. The molecule has 0 fully saturated rings. The smallest absolute Gasteiger partial charge is 0.264 e. The molecule has 0 saturated carbocycles. The predicted molar refractivity (Wildman–Crippen MR) is 278 cm³/mol. The average molecular weight is 962 g/mol. The van der Waals surface area contributed by atoms with Gasteiger partial charge in [-0.25, -0.2) is 0 Å². The van der Waals surface area contributed by atoms with Gasteiger partial charge in [0.15, 0.2) is 0 Å². The summed E-state index contributed by atoms with van der Waals surface area (Å²) in [5, 5.41) is 0. The van der Waals surface area contributed by atoms with Crippen LogP contribution < -0.4 is 9.64 Å². The molecule has 0 bridgehead atoms.